The van der Waals surface area contributed by atoms with Gasteiger partial charge in [-0.15, -0.1) is 0 Å². The van der Waals surface area contributed by atoms with E-state index in [1.54, 1.807) is 28.9 Å². The molecule has 0 aromatic carbocycles. The van der Waals surface area contributed by atoms with Crippen LogP contribution in [-0.4, -0.2) is 31.7 Å². The van der Waals surface area contributed by atoms with Crippen LogP contribution in [0, 0.1) is 0 Å². The largest absolute Gasteiger partial charge is 0.481 e. The molecule has 0 bridgehead atoms. The summed E-state index contributed by atoms with van der Waals surface area (Å²) in [5, 5.41) is 12.4. The Kier molecular flexibility index (Phi) is 5.14. The van der Waals surface area contributed by atoms with Crippen LogP contribution in [0.1, 0.15) is 36.6 Å². The Morgan fingerprint density at radius 2 is 2.04 bits per heavy atom. The second-order valence-electron chi connectivity index (χ2n) is 6.19. The van der Waals surface area contributed by atoms with E-state index in [9.17, 15) is 0 Å². The molecular weight excluding hydrogens is 316 g/mol. The second kappa shape index (κ2) is 7.48. The first-order chi connectivity index (χ1) is 12.1. The van der Waals surface area contributed by atoms with Crippen LogP contribution in [-0.2, 0) is 20.1 Å². The summed E-state index contributed by atoms with van der Waals surface area (Å²) >= 11 is 0. The van der Waals surface area contributed by atoms with Crippen molar-refractivity contribution < 1.29 is 4.74 Å². The predicted molar refractivity (Wildman–Crippen MR) is 95.8 cm³/mol. The molecule has 0 spiro atoms. The quantitative estimate of drug-likeness (QED) is 0.715. The number of pyridine rings is 1. The number of rotatable bonds is 7. The van der Waals surface area contributed by atoms with Crippen LogP contribution in [0.15, 0.2) is 36.8 Å². The van der Waals surface area contributed by atoms with Crippen molar-refractivity contribution in [3.8, 4) is 11.7 Å². The van der Waals surface area contributed by atoms with Crippen LogP contribution in [0.3, 0.4) is 0 Å². The van der Waals surface area contributed by atoms with Gasteiger partial charge in [0.25, 0.3) is 0 Å². The van der Waals surface area contributed by atoms with Crippen molar-refractivity contribution >= 4 is 0 Å². The number of hydrogen-bond donors (Lipinski definition) is 1. The highest BCUT2D eigenvalue weighted by molar-refractivity contribution is 5.35. The Bertz CT molecular complexity index is 822. The topological polar surface area (TPSA) is 69.8 Å². The van der Waals surface area contributed by atoms with E-state index in [-0.39, 0.29) is 0 Å². The molecule has 0 aliphatic rings. The van der Waals surface area contributed by atoms with Crippen LogP contribution < -0.4 is 10.1 Å². The number of methoxy groups -OCH3 is 1. The van der Waals surface area contributed by atoms with Crippen molar-refractivity contribution in [2.45, 2.75) is 32.9 Å². The average Bonchev–Trinajstić information content (AvgIpc) is 3.23. The van der Waals surface area contributed by atoms with Gasteiger partial charge in [-0.1, -0.05) is 19.9 Å². The molecule has 7 heteroatoms. The highest BCUT2D eigenvalue weighted by atomic mass is 16.5. The molecule has 0 radical (unpaired) electrons. The summed E-state index contributed by atoms with van der Waals surface area (Å²) in [5.74, 6) is 1.97. The van der Waals surface area contributed by atoms with Gasteiger partial charge in [-0.05, 0) is 18.1 Å². The van der Waals surface area contributed by atoms with Gasteiger partial charge in [0.1, 0.15) is 0 Å². The highest BCUT2D eigenvalue weighted by Gasteiger charge is 2.19. The molecule has 0 aliphatic carbocycles. The number of ether oxygens (including phenoxy) is 1. The molecule has 0 unspecified atom stereocenters. The van der Waals surface area contributed by atoms with E-state index in [2.05, 4.69) is 40.4 Å². The maximum atomic E-state index is 5.53. The van der Waals surface area contributed by atoms with Crippen molar-refractivity contribution in [3.05, 3.63) is 53.6 Å². The standard InChI is InChI=1S/C18H24N6O/c1-13(2)16-15(18(25-4)23(3)22-16)12-19-11-14-7-5-8-20-17(14)24-10-6-9-21-24/h5-10,13,19H,11-12H2,1-4H3. The lowest BCUT2D eigenvalue weighted by atomic mass is 10.1. The van der Waals surface area contributed by atoms with Gasteiger partial charge in [0, 0.05) is 44.3 Å². The molecule has 3 rings (SSSR count). The van der Waals surface area contributed by atoms with Crippen molar-refractivity contribution in [1.82, 2.24) is 29.9 Å². The smallest absolute Gasteiger partial charge is 0.216 e. The SMILES string of the molecule is COc1c(CNCc2cccnc2-n2cccn2)c(C(C)C)nn1C. The average molecular weight is 340 g/mol. The molecule has 3 aromatic rings. The molecule has 0 saturated heterocycles. The lowest BCUT2D eigenvalue weighted by molar-refractivity contribution is 0.368. The highest BCUT2D eigenvalue weighted by Crippen LogP contribution is 2.27. The van der Waals surface area contributed by atoms with Gasteiger partial charge in [-0.25, -0.2) is 14.3 Å². The first-order valence-electron chi connectivity index (χ1n) is 8.36. The van der Waals surface area contributed by atoms with E-state index in [1.807, 2.05) is 25.4 Å². The summed E-state index contributed by atoms with van der Waals surface area (Å²) in [6.07, 6.45) is 5.43. The third kappa shape index (κ3) is 3.56. The van der Waals surface area contributed by atoms with E-state index < -0.39 is 0 Å². The van der Waals surface area contributed by atoms with E-state index >= 15 is 0 Å². The summed E-state index contributed by atoms with van der Waals surface area (Å²) in [6.45, 7) is 5.64. The maximum absolute atomic E-state index is 5.53. The maximum Gasteiger partial charge on any atom is 0.216 e. The molecule has 3 heterocycles. The first-order valence-corrected chi connectivity index (χ1v) is 8.36. The molecule has 0 saturated carbocycles. The fraction of sp³-hybridized carbons (Fsp3) is 0.389. The summed E-state index contributed by atoms with van der Waals surface area (Å²) in [5.41, 5.74) is 3.25. The Morgan fingerprint density at radius 3 is 2.72 bits per heavy atom. The fourth-order valence-corrected chi connectivity index (χ4v) is 2.95. The number of aromatic nitrogens is 5. The van der Waals surface area contributed by atoms with Gasteiger partial charge in [0.05, 0.1) is 18.4 Å². The van der Waals surface area contributed by atoms with Crippen LogP contribution in [0.2, 0.25) is 0 Å². The molecule has 0 amide bonds. The number of nitrogens with zero attached hydrogens (tertiary/aromatic N) is 5. The van der Waals surface area contributed by atoms with Gasteiger partial charge in [0.2, 0.25) is 5.88 Å². The van der Waals surface area contributed by atoms with E-state index in [1.165, 1.54) is 0 Å². The molecular formula is C18H24N6O. The molecule has 3 aromatic heterocycles. The zero-order valence-electron chi connectivity index (χ0n) is 15.1. The minimum Gasteiger partial charge on any atom is -0.481 e. The van der Waals surface area contributed by atoms with Gasteiger partial charge in [0.15, 0.2) is 5.82 Å². The summed E-state index contributed by atoms with van der Waals surface area (Å²) in [6, 6.07) is 5.89. The third-order valence-electron chi connectivity index (χ3n) is 4.07. The molecule has 0 fully saturated rings. The van der Waals surface area contributed by atoms with Crippen molar-refractivity contribution in [3.63, 3.8) is 0 Å². The Labute approximate surface area is 147 Å². The number of nitrogens with one attached hydrogen (secondary N) is 1. The van der Waals surface area contributed by atoms with Crippen LogP contribution in [0.25, 0.3) is 5.82 Å². The van der Waals surface area contributed by atoms with Crippen molar-refractivity contribution in [2.24, 2.45) is 7.05 Å². The minimum atomic E-state index is 0.338. The number of aryl methyl sites for hydroxylation is 1. The van der Waals surface area contributed by atoms with Gasteiger partial charge >= 0.3 is 0 Å². The van der Waals surface area contributed by atoms with Crippen LogP contribution >= 0.6 is 0 Å². The van der Waals surface area contributed by atoms with E-state index in [0.29, 0.717) is 19.0 Å². The van der Waals surface area contributed by atoms with Gasteiger partial charge in [-0.2, -0.15) is 10.2 Å². The van der Waals surface area contributed by atoms with Crippen molar-refractivity contribution in [2.75, 3.05) is 7.11 Å². The van der Waals surface area contributed by atoms with Crippen LogP contribution in [0.5, 0.6) is 5.88 Å². The zero-order chi connectivity index (χ0) is 17.8. The third-order valence-corrected chi connectivity index (χ3v) is 4.07. The first kappa shape index (κ1) is 17.2. The van der Waals surface area contributed by atoms with Crippen LogP contribution in [0.4, 0.5) is 0 Å². The molecule has 7 nitrogen and oxygen atoms in total. The molecule has 0 aliphatic heterocycles. The monoisotopic (exact) mass is 340 g/mol. The summed E-state index contributed by atoms with van der Waals surface area (Å²) in [7, 11) is 3.59. The number of hydrogen-bond acceptors (Lipinski definition) is 5. The summed E-state index contributed by atoms with van der Waals surface area (Å²) < 4.78 is 9.10. The lowest BCUT2D eigenvalue weighted by Gasteiger charge is -2.11. The van der Waals surface area contributed by atoms with E-state index in [4.69, 9.17) is 4.74 Å². The Hall–Kier alpha value is -2.67. The van der Waals surface area contributed by atoms with Gasteiger partial charge < -0.3 is 10.1 Å². The molecule has 1 N–H and O–H groups in total. The minimum absolute atomic E-state index is 0.338. The Morgan fingerprint density at radius 1 is 1.20 bits per heavy atom. The molecule has 0 atom stereocenters. The molecule has 25 heavy (non-hydrogen) atoms. The summed E-state index contributed by atoms with van der Waals surface area (Å²) in [4.78, 5) is 4.45. The lowest BCUT2D eigenvalue weighted by Crippen LogP contribution is -2.16. The normalized spacial score (nSPS) is 11.2. The predicted octanol–water partition coefficient (Wildman–Crippen LogP) is 2.42. The van der Waals surface area contributed by atoms with Crippen molar-refractivity contribution in [1.29, 1.82) is 0 Å². The van der Waals surface area contributed by atoms with E-state index in [0.717, 1.165) is 28.5 Å². The van der Waals surface area contributed by atoms with Gasteiger partial charge in [-0.3, -0.25) is 0 Å². The fourth-order valence-electron chi connectivity index (χ4n) is 2.95. The Balaban J connectivity index is 1.77. The second-order valence-corrected chi connectivity index (χ2v) is 6.19. The molecule has 132 valence electrons. The zero-order valence-corrected chi connectivity index (χ0v) is 15.1.